The molecule has 10 heteroatoms. The molecule has 0 radical (unpaired) electrons. The van der Waals surface area contributed by atoms with Gasteiger partial charge in [0.15, 0.2) is 0 Å². The van der Waals surface area contributed by atoms with E-state index in [9.17, 15) is 13.2 Å². The number of pyridine rings is 1. The Morgan fingerprint density at radius 2 is 1.94 bits per heavy atom. The molecule has 1 aromatic heterocycles. The number of amides is 1. The number of halogens is 1. The van der Waals surface area contributed by atoms with Gasteiger partial charge in [0.05, 0.1) is 22.3 Å². The molecule has 2 heterocycles. The largest absolute Gasteiger partial charge is 0.353 e. The number of aromatic nitrogens is 1. The van der Waals surface area contributed by atoms with Gasteiger partial charge in [-0.15, -0.1) is 0 Å². The fraction of sp³-hybridized carbons (Fsp3) is 0.429. The van der Waals surface area contributed by atoms with Crippen LogP contribution >= 0.6 is 11.6 Å². The van der Waals surface area contributed by atoms with E-state index in [4.69, 9.17) is 11.6 Å². The van der Waals surface area contributed by atoms with E-state index in [0.717, 1.165) is 39.0 Å². The third-order valence-electron chi connectivity index (χ3n) is 5.08. The molecule has 3 rings (SSSR count). The normalized spacial score (nSPS) is 14.4. The van der Waals surface area contributed by atoms with Crippen LogP contribution in [0.3, 0.4) is 0 Å². The first-order valence-corrected chi connectivity index (χ1v) is 12.2. The molecule has 0 unspecified atom stereocenters. The minimum atomic E-state index is -3.84. The molecule has 168 valence electrons. The van der Waals surface area contributed by atoms with E-state index >= 15 is 0 Å². The van der Waals surface area contributed by atoms with Gasteiger partial charge in [-0.3, -0.25) is 9.52 Å². The Hall–Kier alpha value is -2.36. The van der Waals surface area contributed by atoms with Crippen molar-refractivity contribution in [3.8, 4) is 0 Å². The first-order chi connectivity index (χ1) is 14.8. The Bertz CT molecular complexity index is 1010. The number of nitrogens with zero attached hydrogens (tertiary/aromatic N) is 3. The fourth-order valence-electron chi connectivity index (χ4n) is 3.33. The molecule has 0 bridgehead atoms. The molecule has 1 aliphatic rings. The van der Waals surface area contributed by atoms with Crippen molar-refractivity contribution in [2.24, 2.45) is 0 Å². The SMILES string of the molecule is CCCCN(C)C(=O)c1cc(NS(=O)(=O)c2ccc(Cl)cc2)cnc1N1CCNCC1. The quantitative estimate of drug-likeness (QED) is 0.622. The van der Waals surface area contributed by atoms with Crippen molar-refractivity contribution in [1.29, 1.82) is 0 Å². The third kappa shape index (κ3) is 5.87. The van der Waals surface area contributed by atoms with Crippen LogP contribution in [0.2, 0.25) is 5.02 Å². The van der Waals surface area contributed by atoms with Crippen LogP contribution in [0, 0.1) is 0 Å². The summed E-state index contributed by atoms with van der Waals surface area (Å²) in [5, 5.41) is 3.73. The highest BCUT2D eigenvalue weighted by Crippen LogP contribution is 2.25. The number of carbonyl (C=O) groups is 1. The second kappa shape index (κ2) is 10.3. The lowest BCUT2D eigenvalue weighted by Crippen LogP contribution is -2.45. The minimum Gasteiger partial charge on any atom is -0.353 e. The van der Waals surface area contributed by atoms with Crippen molar-refractivity contribution < 1.29 is 13.2 Å². The van der Waals surface area contributed by atoms with E-state index in [0.29, 0.717) is 22.9 Å². The van der Waals surface area contributed by atoms with Crippen molar-refractivity contribution in [1.82, 2.24) is 15.2 Å². The van der Waals surface area contributed by atoms with E-state index in [-0.39, 0.29) is 16.5 Å². The lowest BCUT2D eigenvalue weighted by atomic mass is 10.1. The van der Waals surface area contributed by atoms with E-state index in [1.54, 1.807) is 18.0 Å². The summed E-state index contributed by atoms with van der Waals surface area (Å²) in [5.74, 6) is 0.395. The van der Waals surface area contributed by atoms with Crippen LogP contribution in [0.25, 0.3) is 0 Å². The van der Waals surface area contributed by atoms with Crippen LogP contribution in [0.5, 0.6) is 0 Å². The highest BCUT2D eigenvalue weighted by molar-refractivity contribution is 7.92. The van der Waals surface area contributed by atoms with Crippen LogP contribution < -0.4 is 14.9 Å². The molecular formula is C21H28ClN5O3S. The number of nitrogens with one attached hydrogen (secondary N) is 2. The zero-order valence-electron chi connectivity index (χ0n) is 17.8. The summed E-state index contributed by atoms with van der Waals surface area (Å²) < 4.78 is 28.0. The number of benzene rings is 1. The van der Waals surface area contributed by atoms with E-state index in [2.05, 4.69) is 26.8 Å². The summed E-state index contributed by atoms with van der Waals surface area (Å²) in [6, 6.07) is 7.46. The first-order valence-electron chi connectivity index (χ1n) is 10.3. The zero-order valence-corrected chi connectivity index (χ0v) is 19.3. The highest BCUT2D eigenvalue weighted by atomic mass is 35.5. The second-order valence-electron chi connectivity index (χ2n) is 7.47. The maximum Gasteiger partial charge on any atom is 0.261 e. The predicted octanol–water partition coefficient (Wildman–Crippen LogP) is 2.82. The molecule has 1 aliphatic heterocycles. The zero-order chi connectivity index (χ0) is 22.4. The van der Waals surface area contributed by atoms with Gasteiger partial charge in [0.1, 0.15) is 5.82 Å². The number of rotatable bonds is 8. The average molecular weight is 466 g/mol. The number of unbranched alkanes of at least 4 members (excludes halogenated alkanes) is 1. The highest BCUT2D eigenvalue weighted by Gasteiger charge is 2.24. The van der Waals surface area contributed by atoms with Gasteiger partial charge in [-0.25, -0.2) is 13.4 Å². The number of sulfonamides is 1. The minimum absolute atomic E-state index is 0.0796. The molecule has 1 saturated heterocycles. The Labute approximate surface area is 188 Å². The summed E-state index contributed by atoms with van der Waals surface area (Å²) in [4.78, 5) is 21.5. The lowest BCUT2D eigenvalue weighted by Gasteiger charge is -2.30. The summed E-state index contributed by atoms with van der Waals surface area (Å²) in [5.41, 5.74) is 0.623. The predicted molar refractivity (Wildman–Crippen MR) is 123 cm³/mol. The van der Waals surface area contributed by atoms with Crippen molar-refractivity contribution in [3.63, 3.8) is 0 Å². The van der Waals surface area contributed by atoms with Gasteiger partial charge in [-0.2, -0.15) is 0 Å². The average Bonchev–Trinajstić information content (AvgIpc) is 2.77. The number of anilines is 2. The molecule has 0 atom stereocenters. The monoisotopic (exact) mass is 465 g/mol. The van der Waals surface area contributed by atoms with Crippen LogP contribution in [-0.4, -0.2) is 64.0 Å². The van der Waals surface area contributed by atoms with E-state index < -0.39 is 10.0 Å². The van der Waals surface area contributed by atoms with Gasteiger partial charge in [-0.05, 0) is 36.8 Å². The lowest BCUT2D eigenvalue weighted by molar-refractivity contribution is 0.0793. The Kier molecular flexibility index (Phi) is 7.74. The molecule has 1 aromatic carbocycles. The third-order valence-corrected chi connectivity index (χ3v) is 6.73. The van der Waals surface area contributed by atoms with Gasteiger partial charge in [-0.1, -0.05) is 24.9 Å². The molecule has 1 amide bonds. The molecule has 8 nitrogen and oxygen atoms in total. The molecule has 0 spiro atoms. The van der Waals surface area contributed by atoms with Gasteiger partial charge >= 0.3 is 0 Å². The smallest absolute Gasteiger partial charge is 0.261 e. The van der Waals surface area contributed by atoms with E-state index in [1.807, 2.05) is 0 Å². The fourth-order valence-corrected chi connectivity index (χ4v) is 4.49. The molecule has 31 heavy (non-hydrogen) atoms. The summed E-state index contributed by atoms with van der Waals surface area (Å²) >= 11 is 5.86. The number of piperazine rings is 1. The number of hydrogen-bond acceptors (Lipinski definition) is 6. The van der Waals surface area contributed by atoms with Gasteiger partial charge in [0.25, 0.3) is 15.9 Å². The first kappa shape index (κ1) is 23.3. The second-order valence-corrected chi connectivity index (χ2v) is 9.59. The summed E-state index contributed by atoms with van der Waals surface area (Å²) in [7, 11) is -2.09. The standard InChI is InChI=1S/C21H28ClN5O3S/c1-3-4-11-26(2)21(28)19-14-17(15-24-20(19)27-12-9-23-10-13-27)25-31(29,30)18-7-5-16(22)6-8-18/h5-8,14-15,23,25H,3-4,9-13H2,1-2H3. The van der Waals surface area contributed by atoms with Crippen LogP contribution in [-0.2, 0) is 10.0 Å². The number of hydrogen-bond donors (Lipinski definition) is 2. The summed E-state index contributed by atoms with van der Waals surface area (Å²) in [6.45, 7) is 5.73. The molecule has 2 N–H and O–H groups in total. The summed E-state index contributed by atoms with van der Waals surface area (Å²) in [6.07, 6.45) is 3.32. The van der Waals surface area contributed by atoms with Crippen LogP contribution in [0.15, 0.2) is 41.4 Å². The Balaban J connectivity index is 1.93. The topological polar surface area (TPSA) is 94.6 Å². The maximum atomic E-state index is 13.2. The number of carbonyl (C=O) groups excluding carboxylic acids is 1. The Morgan fingerprint density at radius 3 is 2.58 bits per heavy atom. The van der Waals surface area contributed by atoms with Crippen molar-refractivity contribution in [3.05, 3.63) is 47.1 Å². The molecular weight excluding hydrogens is 438 g/mol. The van der Waals surface area contributed by atoms with Crippen LogP contribution in [0.1, 0.15) is 30.1 Å². The maximum absolute atomic E-state index is 13.2. The van der Waals surface area contributed by atoms with Crippen LogP contribution in [0.4, 0.5) is 11.5 Å². The van der Waals surface area contributed by atoms with Crippen molar-refractivity contribution in [2.75, 3.05) is 49.4 Å². The van der Waals surface area contributed by atoms with E-state index in [1.165, 1.54) is 30.5 Å². The van der Waals surface area contributed by atoms with Crippen molar-refractivity contribution >= 4 is 39.0 Å². The van der Waals surface area contributed by atoms with Gasteiger partial charge < -0.3 is 15.1 Å². The van der Waals surface area contributed by atoms with Gasteiger partial charge in [0.2, 0.25) is 0 Å². The Morgan fingerprint density at radius 1 is 1.26 bits per heavy atom. The van der Waals surface area contributed by atoms with Crippen molar-refractivity contribution in [2.45, 2.75) is 24.7 Å². The van der Waals surface area contributed by atoms with Gasteiger partial charge in [0, 0.05) is 44.8 Å². The molecule has 1 fully saturated rings. The molecule has 2 aromatic rings. The molecule has 0 saturated carbocycles. The molecule has 0 aliphatic carbocycles.